The first-order valence-electron chi connectivity index (χ1n) is 11.0. The lowest BCUT2D eigenvalue weighted by Gasteiger charge is -2.20. The molecule has 9 heteroatoms. The Morgan fingerprint density at radius 3 is 2.20 bits per heavy atom. The Kier molecular flexibility index (Phi) is 8.24. The first-order chi connectivity index (χ1) is 16.5. The third kappa shape index (κ3) is 8.22. The van der Waals surface area contributed by atoms with Crippen LogP contribution < -0.4 is 14.8 Å². The largest absolute Gasteiger partial charge is 0.491 e. The van der Waals surface area contributed by atoms with Crippen molar-refractivity contribution in [1.29, 1.82) is 0 Å². The summed E-state index contributed by atoms with van der Waals surface area (Å²) in [6.45, 7) is 5.89. The highest BCUT2D eigenvalue weighted by Gasteiger charge is 2.24. The minimum absolute atomic E-state index is 0.0115. The van der Waals surface area contributed by atoms with Crippen LogP contribution in [0.15, 0.2) is 78.3 Å². The lowest BCUT2D eigenvalue weighted by Crippen LogP contribution is -2.38. The highest BCUT2D eigenvalue weighted by Crippen LogP contribution is 2.26. The molecule has 1 amide bonds. The van der Waals surface area contributed by atoms with Gasteiger partial charge in [0.05, 0.1) is 6.04 Å². The molecule has 0 aliphatic rings. The summed E-state index contributed by atoms with van der Waals surface area (Å²) in [7, 11) is -3.41. The van der Waals surface area contributed by atoms with Gasteiger partial charge in [-0.2, -0.15) is 4.98 Å². The quantitative estimate of drug-likeness (QED) is 0.471. The number of aromatic nitrogens is 2. The van der Waals surface area contributed by atoms with Crippen molar-refractivity contribution in [3.63, 3.8) is 0 Å². The summed E-state index contributed by atoms with van der Waals surface area (Å²) >= 11 is 0. The first kappa shape index (κ1) is 25.9. The minimum atomic E-state index is -3.41. The Balaban J connectivity index is 1.88. The monoisotopic (exact) mass is 495 g/mol. The highest BCUT2D eigenvalue weighted by atomic mass is 32.2. The van der Waals surface area contributed by atoms with Gasteiger partial charge in [-0.25, -0.2) is 13.4 Å². The number of amides is 1. The van der Waals surface area contributed by atoms with E-state index < -0.39 is 21.8 Å². The number of benzene rings is 2. The fraction of sp³-hybridized carbons (Fsp3) is 0.269. The lowest BCUT2D eigenvalue weighted by molar-refractivity contribution is 0.0929. The molecule has 2 aromatic carbocycles. The van der Waals surface area contributed by atoms with Gasteiger partial charge in [-0.15, -0.1) is 0 Å². The molecule has 0 aliphatic carbocycles. The second-order valence-electron chi connectivity index (χ2n) is 8.94. The molecule has 0 aliphatic heterocycles. The van der Waals surface area contributed by atoms with Crippen LogP contribution in [-0.2, 0) is 15.3 Å². The lowest BCUT2D eigenvalue weighted by atomic mass is 9.95. The summed E-state index contributed by atoms with van der Waals surface area (Å²) in [5.74, 6) is 1.19. The molecule has 3 aromatic rings. The highest BCUT2D eigenvalue weighted by molar-refractivity contribution is 7.93. The van der Waals surface area contributed by atoms with Crippen LogP contribution >= 0.6 is 0 Å². The van der Waals surface area contributed by atoms with Crippen LogP contribution in [0.5, 0.6) is 17.4 Å². The van der Waals surface area contributed by atoms with E-state index in [0.717, 1.165) is 11.7 Å². The summed E-state index contributed by atoms with van der Waals surface area (Å²) in [4.78, 5) is 22.1. The molecule has 0 fully saturated rings. The molecule has 8 nitrogen and oxygen atoms in total. The topological polar surface area (TPSA) is 107 Å². The average Bonchev–Trinajstić information content (AvgIpc) is 2.81. The Morgan fingerprint density at radius 1 is 1.03 bits per heavy atom. The van der Waals surface area contributed by atoms with Crippen LogP contribution in [0.1, 0.15) is 37.0 Å². The van der Waals surface area contributed by atoms with Gasteiger partial charge in [0.2, 0.25) is 5.88 Å². The maximum absolute atomic E-state index is 13.3. The van der Waals surface area contributed by atoms with Gasteiger partial charge in [0.25, 0.3) is 5.91 Å². The number of rotatable bonds is 9. The molecule has 184 valence electrons. The summed E-state index contributed by atoms with van der Waals surface area (Å²) in [5.41, 5.74) is -0.256. The van der Waals surface area contributed by atoms with Gasteiger partial charge < -0.3 is 14.8 Å². The SMILES string of the molecule is CC(C)(C)c1ncc(C(=O)NC(/C=C/S(C)(=O)=O)COc2ccccc2)c(Oc2ccccc2)n1. The van der Waals surface area contributed by atoms with Crippen LogP contribution in [0.3, 0.4) is 0 Å². The zero-order valence-corrected chi connectivity index (χ0v) is 21.0. The maximum Gasteiger partial charge on any atom is 0.258 e. The zero-order valence-electron chi connectivity index (χ0n) is 20.1. The molecule has 0 bridgehead atoms. The van der Waals surface area contributed by atoms with Crippen molar-refractivity contribution in [3.05, 3.63) is 89.7 Å². The van der Waals surface area contributed by atoms with Gasteiger partial charge in [-0.1, -0.05) is 57.2 Å². The van der Waals surface area contributed by atoms with Gasteiger partial charge in [-0.3, -0.25) is 4.79 Å². The van der Waals surface area contributed by atoms with Gasteiger partial charge >= 0.3 is 0 Å². The number of carbonyl (C=O) groups is 1. The van der Waals surface area contributed by atoms with Crippen molar-refractivity contribution in [2.24, 2.45) is 0 Å². The zero-order chi connectivity index (χ0) is 25.5. The molecule has 1 heterocycles. The number of para-hydroxylation sites is 2. The van der Waals surface area contributed by atoms with E-state index in [0.29, 0.717) is 17.3 Å². The molecule has 1 N–H and O–H groups in total. The normalized spacial score (nSPS) is 12.8. The minimum Gasteiger partial charge on any atom is -0.491 e. The molecule has 1 unspecified atom stereocenters. The maximum atomic E-state index is 13.3. The predicted octanol–water partition coefficient (Wildman–Crippen LogP) is 4.30. The van der Waals surface area contributed by atoms with E-state index in [2.05, 4.69) is 15.3 Å². The second kappa shape index (κ2) is 11.1. The molecule has 0 spiro atoms. The third-order valence-corrected chi connectivity index (χ3v) is 5.33. The fourth-order valence-electron chi connectivity index (χ4n) is 2.89. The van der Waals surface area contributed by atoms with Crippen molar-refractivity contribution >= 4 is 15.7 Å². The summed E-state index contributed by atoms with van der Waals surface area (Å²) < 4.78 is 35.0. The molecule has 1 atom stereocenters. The van der Waals surface area contributed by atoms with E-state index in [9.17, 15) is 13.2 Å². The average molecular weight is 496 g/mol. The van der Waals surface area contributed by atoms with Crippen molar-refractivity contribution in [2.75, 3.05) is 12.9 Å². The standard InChI is InChI=1S/C26H29N3O5S/c1-26(2,3)25-27-17-22(24(29-25)34-21-13-9-6-10-14-21)23(30)28-19(15-16-35(4,31)32)18-33-20-11-7-5-8-12-20/h5-17,19H,18H2,1-4H3,(H,28,30)/b16-15+. The summed E-state index contributed by atoms with van der Waals surface area (Å²) in [6, 6.07) is 17.3. The predicted molar refractivity (Wildman–Crippen MR) is 134 cm³/mol. The van der Waals surface area contributed by atoms with Crippen LogP contribution in [0.2, 0.25) is 0 Å². The number of hydrogen-bond donors (Lipinski definition) is 1. The van der Waals surface area contributed by atoms with Crippen molar-refractivity contribution < 1.29 is 22.7 Å². The second-order valence-corrected chi connectivity index (χ2v) is 10.9. The van der Waals surface area contributed by atoms with Gasteiger partial charge in [0, 0.05) is 23.3 Å². The number of nitrogens with one attached hydrogen (secondary N) is 1. The van der Waals surface area contributed by atoms with E-state index >= 15 is 0 Å². The number of ether oxygens (including phenoxy) is 2. The number of carbonyl (C=O) groups excluding carboxylic acids is 1. The van der Waals surface area contributed by atoms with Gasteiger partial charge in [0.15, 0.2) is 9.84 Å². The number of hydrogen-bond acceptors (Lipinski definition) is 7. The van der Waals surface area contributed by atoms with Crippen LogP contribution in [-0.4, -0.2) is 43.2 Å². The van der Waals surface area contributed by atoms with E-state index in [1.165, 1.54) is 12.3 Å². The van der Waals surface area contributed by atoms with E-state index in [4.69, 9.17) is 9.47 Å². The smallest absolute Gasteiger partial charge is 0.258 e. The Labute approximate surface area is 206 Å². The Morgan fingerprint density at radius 2 is 1.63 bits per heavy atom. The molecular formula is C26H29N3O5S. The van der Waals surface area contributed by atoms with Crippen LogP contribution in [0.4, 0.5) is 0 Å². The van der Waals surface area contributed by atoms with Crippen molar-refractivity contribution in [2.45, 2.75) is 32.2 Å². The van der Waals surface area contributed by atoms with E-state index in [1.54, 1.807) is 24.3 Å². The molecule has 0 saturated carbocycles. The molecule has 0 saturated heterocycles. The molecule has 0 radical (unpaired) electrons. The molecule has 35 heavy (non-hydrogen) atoms. The molecule has 1 aromatic heterocycles. The Bertz CT molecular complexity index is 1270. The number of sulfone groups is 1. The molecule has 3 rings (SSSR count). The first-order valence-corrected chi connectivity index (χ1v) is 12.9. The number of nitrogens with zero attached hydrogens (tertiary/aromatic N) is 2. The Hall–Kier alpha value is -3.72. The van der Waals surface area contributed by atoms with E-state index in [1.807, 2.05) is 57.2 Å². The van der Waals surface area contributed by atoms with Crippen LogP contribution in [0.25, 0.3) is 0 Å². The van der Waals surface area contributed by atoms with Crippen molar-refractivity contribution in [3.8, 4) is 17.4 Å². The summed E-state index contributed by atoms with van der Waals surface area (Å²) in [6.07, 6.45) is 3.86. The van der Waals surface area contributed by atoms with Gasteiger partial charge in [-0.05, 0) is 30.3 Å². The molecular weight excluding hydrogens is 466 g/mol. The third-order valence-electron chi connectivity index (χ3n) is 4.67. The van der Waals surface area contributed by atoms with Gasteiger partial charge in [0.1, 0.15) is 29.5 Å². The van der Waals surface area contributed by atoms with E-state index in [-0.39, 0.29) is 23.5 Å². The van der Waals surface area contributed by atoms with Crippen LogP contribution in [0, 0.1) is 0 Å². The summed E-state index contributed by atoms with van der Waals surface area (Å²) in [5, 5.41) is 3.82. The van der Waals surface area contributed by atoms with Crippen molar-refractivity contribution in [1.82, 2.24) is 15.3 Å². The fourth-order valence-corrected chi connectivity index (χ4v) is 3.37.